The highest BCUT2D eigenvalue weighted by Crippen LogP contribution is 2.32. The van der Waals surface area contributed by atoms with Crippen molar-refractivity contribution in [2.45, 2.75) is 37.1 Å². The average Bonchev–Trinajstić information content (AvgIpc) is 3.05. The van der Waals surface area contributed by atoms with E-state index in [0.717, 1.165) is 24.1 Å². The molecule has 24 heavy (non-hydrogen) atoms. The van der Waals surface area contributed by atoms with E-state index in [-0.39, 0.29) is 10.8 Å². The first kappa shape index (κ1) is 16.4. The highest BCUT2D eigenvalue weighted by Gasteiger charge is 2.18. The van der Waals surface area contributed by atoms with Crippen LogP contribution in [0.25, 0.3) is 11.4 Å². The molecule has 1 N–H and O–H groups in total. The summed E-state index contributed by atoms with van der Waals surface area (Å²) in [6, 6.07) is 11.2. The minimum absolute atomic E-state index is 0.116. The van der Waals surface area contributed by atoms with Gasteiger partial charge in [-0.05, 0) is 13.3 Å². The van der Waals surface area contributed by atoms with Crippen LogP contribution in [0, 0.1) is 0 Å². The molecule has 0 aliphatic heterocycles. The van der Waals surface area contributed by atoms with E-state index in [1.165, 1.54) is 11.8 Å². The Labute approximate surface area is 143 Å². The molecule has 0 bridgehead atoms. The summed E-state index contributed by atoms with van der Waals surface area (Å²) in [5.41, 5.74) is 1.56. The van der Waals surface area contributed by atoms with Crippen LogP contribution in [0.3, 0.4) is 0 Å². The van der Waals surface area contributed by atoms with Crippen molar-refractivity contribution in [1.29, 1.82) is 0 Å². The highest BCUT2D eigenvalue weighted by molar-refractivity contribution is 7.99. The molecule has 1 unspecified atom stereocenters. The van der Waals surface area contributed by atoms with Crippen LogP contribution in [0.15, 0.2) is 50.9 Å². The van der Waals surface area contributed by atoms with E-state index in [0.29, 0.717) is 16.9 Å². The van der Waals surface area contributed by atoms with E-state index in [1.54, 1.807) is 6.07 Å². The van der Waals surface area contributed by atoms with Crippen LogP contribution < -0.4 is 5.56 Å². The van der Waals surface area contributed by atoms with E-state index < -0.39 is 0 Å². The Morgan fingerprint density at radius 2 is 2.04 bits per heavy atom. The number of aromatic nitrogens is 4. The molecular formula is C17H18N4O2S. The molecule has 0 radical (unpaired) electrons. The van der Waals surface area contributed by atoms with Crippen LogP contribution in [0.5, 0.6) is 0 Å². The largest absolute Gasteiger partial charge is 0.338 e. The van der Waals surface area contributed by atoms with E-state index in [4.69, 9.17) is 4.52 Å². The first-order valence-electron chi connectivity index (χ1n) is 7.81. The first-order valence-corrected chi connectivity index (χ1v) is 8.69. The lowest BCUT2D eigenvalue weighted by Crippen LogP contribution is -2.10. The maximum Gasteiger partial charge on any atom is 0.251 e. The predicted molar refractivity (Wildman–Crippen MR) is 92.9 cm³/mol. The molecule has 7 heteroatoms. The Morgan fingerprint density at radius 1 is 1.25 bits per heavy atom. The first-order chi connectivity index (χ1) is 11.7. The Hall–Kier alpha value is -2.41. The zero-order valence-corrected chi connectivity index (χ0v) is 14.3. The number of rotatable bonds is 6. The lowest BCUT2D eigenvalue weighted by molar-refractivity contribution is 0.380. The smallest absolute Gasteiger partial charge is 0.251 e. The number of hydrogen-bond acceptors (Lipinski definition) is 6. The molecule has 0 amide bonds. The van der Waals surface area contributed by atoms with Crippen LogP contribution in [0.2, 0.25) is 0 Å². The SMILES string of the molecule is CCCc1cc(=O)[nH]c(SC(C)c2nc(-c3ccccc3)no2)n1. The van der Waals surface area contributed by atoms with Gasteiger partial charge in [0.1, 0.15) is 0 Å². The van der Waals surface area contributed by atoms with Gasteiger partial charge in [-0.1, -0.05) is 60.6 Å². The fourth-order valence-corrected chi connectivity index (χ4v) is 3.11. The highest BCUT2D eigenvalue weighted by atomic mass is 32.2. The number of hydrogen-bond donors (Lipinski definition) is 1. The summed E-state index contributed by atoms with van der Waals surface area (Å²) in [7, 11) is 0. The standard InChI is InChI=1S/C17H18N4O2S/c1-3-7-13-10-14(22)19-17(18-13)24-11(2)16-20-15(21-23-16)12-8-5-4-6-9-12/h4-6,8-11H,3,7H2,1-2H3,(H,18,19,22). The number of nitrogens with one attached hydrogen (secondary N) is 1. The molecule has 1 aromatic carbocycles. The molecule has 124 valence electrons. The molecular weight excluding hydrogens is 324 g/mol. The van der Waals surface area contributed by atoms with Crippen LogP contribution in [0.1, 0.15) is 37.1 Å². The van der Waals surface area contributed by atoms with Gasteiger partial charge in [-0.25, -0.2) is 4.98 Å². The third-order valence-electron chi connectivity index (χ3n) is 3.39. The Bertz CT molecular complexity index is 860. The minimum atomic E-state index is -0.140. The minimum Gasteiger partial charge on any atom is -0.338 e. The molecule has 2 aromatic heterocycles. The summed E-state index contributed by atoms with van der Waals surface area (Å²) in [5, 5.41) is 4.47. The summed E-state index contributed by atoms with van der Waals surface area (Å²) >= 11 is 1.40. The van der Waals surface area contributed by atoms with Crippen molar-refractivity contribution < 1.29 is 4.52 Å². The number of benzene rings is 1. The molecule has 1 atom stereocenters. The van der Waals surface area contributed by atoms with E-state index in [2.05, 4.69) is 27.0 Å². The van der Waals surface area contributed by atoms with E-state index in [1.807, 2.05) is 37.3 Å². The van der Waals surface area contributed by atoms with Gasteiger partial charge in [0.05, 0.1) is 5.25 Å². The lowest BCUT2D eigenvalue weighted by atomic mass is 10.2. The van der Waals surface area contributed by atoms with Crippen molar-refractivity contribution in [2.24, 2.45) is 0 Å². The zero-order chi connectivity index (χ0) is 16.9. The normalized spacial score (nSPS) is 12.2. The Kier molecular flexibility index (Phi) is 5.10. The molecule has 0 spiro atoms. The number of aryl methyl sites for hydroxylation is 1. The zero-order valence-electron chi connectivity index (χ0n) is 13.5. The Morgan fingerprint density at radius 3 is 2.79 bits per heavy atom. The molecule has 3 aromatic rings. The van der Waals surface area contributed by atoms with Gasteiger partial charge in [0.15, 0.2) is 5.16 Å². The van der Waals surface area contributed by atoms with Crippen molar-refractivity contribution >= 4 is 11.8 Å². The van der Waals surface area contributed by atoms with Gasteiger partial charge in [0, 0.05) is 17.3 Å². The van der Waals surface area contributed by atoms with Gasteiger partial charge in [-0.3, -0.25) is 4.79 Å². The third kappa shape index (κ3) is 3.91. The quantitative estimate of drug-likeness (QED) is 0.544. The van der Waals surface area contributed by atoms with Crippen molar-refractivity contribution in [3.8, 4) is 11.4 Å². The van der Waals surface area contributed by atoms with Gasteiger partial charge in [-0.2, -0.15) is 4.98 Å². The summed E-state index contributed by atoms with van der Waals surface area (Å²) in [5.74, 6) is 1.06. The summed E-state index contributed by atoms with van der Waals surface area (Å²) in [6.45, 7) is 4.00. The second kappa shape index (κ2) is 7.44. The van der Waals surface area contributed by atoms with Crippen LogP contribution in [0.4, 0.5) is 0 Å². The number of nitrogens with zero attached hydrogens (tertiary/aromatic N) is 3. The van der Waals surface area contributed by atoms with Crippen LogP contribution in [-0.4, -0.2) is 20.1 Å². The maximum absolute atomic E-state index is 11.7. The lowest BCUT2D eigenvalue weighted by Gasteiger charge is -2.06. The number of H-pyrrole nitrogens is 1. The van der Waals surface area contributed by atoms with Gasteiger partial charge < -0.3 is 9.51 Å². The molecule has 6 nitrogen and oxygen atoms in total. The van der Waals surface area contributed by atoms with E-state index in [9.17, 15) is 4.79 Å². The molecule has 0 aliphatic rings. The van der Waals surface area contributed by atoms with Crippen molar-refractivity contribution in [3.63, 3.8) is 0 Å². The van der Waals surface area contributed by atoms with Crippen LogP contribution in [-0.2, 0) is 6.42 Å². The molecule has 2 heterocycles. The summed E-state index contributed by atoms with van der Waals surface area (Å²) in [4.78, 5) is 23.4. The Balaban J connectivity index is 1.77. The fourth-order valence-electron chi connectivity index (χ4n) is 2.25. The maximum atomic E-state index is 11.7. The number of thioether (sulfide) groups is 1. The van der Waals surface area contributed by atoms with Crippen molar-refractivity contribution in [3.05, 3.63) is 58.3 Å². The van der Waals surface area contributed by atoms with Gasteiger partial charge >= 0.3 is 0 Å². The van der Waals surface area contributed by atoms with Crippen molar-refractivity contribution in [1.82, 2.24) is 20.1 Å². The monoisotopic (exact) mass is 342 g/mol. The fraction of sp³-hybridized carbons (Fsp3) is 0.294. The van der Waals surface area contributed by atoms with Gasteiger partial charge in [0.25, 0.3) is 5.56 Å². The summed E-state index contributed by atoms with van der Waals surface area (Å²) < 4.78 is 5.36. The van der Waals surface area contributed by atoms with Gasteiger partial charge in [-0.15, -0.1) is 0 Å². The third-order valence-corrected chi connectivity index (χ3v) is 4.36. The molecule has 0 saturated carbocycles. The van der Waals surface area contributed by atoms with E-state index >= 15 is 0 Å². The predicted octanol–water partition coefficient (Wildman–Crippen LogP) is 3.63. The second-order valence-electron chi connectivity index (χ2n) is 5.37. The number of aromatic amines is 1. The molecule has 0 fully saturated rings. The second-order valence-corrected chi connectivity index (χ2v) is 6.70. The molecule has 0 saturated heterocycles. The summed E-state index contributed by atoms with van der Waals surface area (Å²) in [6.07, 6.45) is 1.73. The molecule has 3 rings (SSSR count). The molecule has 0 aliphatic carbocycles. The van der Waals surface area contributed by atoms with Crippen molar-refractivity contribution in [2.75, 3.05) is 0 Å². The van der Waals surface area contributed by atoms with Gasteiger partial charge in [0.2, 0.25) is 11.7 Å². The topological polar surface area (TPSA) is 84.7 Å². The average molecular weight is 342 g/mol. The van der Waals surface area contributed by atoms with Crippen LogP contribution >= 0.6 is 11.8 Å².